The summed E-state index contributed by atoms with van der Waals surface area (Å²) in [6.07, 6.45) is 1.73. The minimum absolute atomic E-state index is 0.0216. The quantitative estimate of drug-likeness (QED) is 0.752. The summed E-state index contributed by atoms with van der Waals surface area (Å²) in [4.78, 5) is 14.6. The van der Waals surface area contributed by atoms with E-state index in [2.05, 4.69) is 4.98 Å². The molecule has 1 heterocycles. The lowest BCUT2D eigenvalue weighted by molar-refractivity contribution is 0.103. The number of aromatic amines is 1. The maximum Gasteiger partial charge on any atom is 0.209 e. The van der Waals surface area contributed by atoms with E-state index in [0.29, 0.717) is 16.3 Å². The largest absolute Gasteiger partial charge is 0.359 e. The monoisotopic (exact) mass is 205 g/mol. The molecule has 0 saturated carbocycles. The number of rotatable bonds is 2. The van der Waals surface area contributed by atoms with Gasteiger partial charge in [-0.25, -0.2) is 0 Å². The van der Waals surface area contributed by atoms with E-state index in [0.717, 1.165) is 0 Å². The molecule has 0 amide bonds. The maximum absolute atomic E-state index is 11.7. The first-order valence-corrected chi connectivity index (χ1v) is 4.59. The molecule has 0 unspecified atom stereocenters. The average Bonchev–Trinajstić information content (AvgIpc) is 2.71. The zero-order chi connectivity index (χ0) is 9.97. The molecule has 0 fully saturated rings. The number of benzene rings is 1. The normalized spacial score (nSPS) is 10.1. The van der Waals surface area contributed by atoms with E-state index >= 15 is 0 Å². The highest BCUT2D eigenvalue weighted by Gasteiger charge is 2.08. The fourth-order valence-corrected chi connectivity index (χ4v) is 1.35. The number of carbonyl (C=O) groups excluding carboxylic acids is 1. The fourth-order valence-electron chi connectivity index (χ4n) is 1.23. The molecule has 1 aromatic carbocycles. The van der Waals surface area contributed by atoms with Crippen molar-refractivity contribution >= 4 is 17.4 Å². The Morgan fingerprint density at radius 2 is 1.86 bits per heavy atom. The van der Waals surface area contributed by atoms with Crippen molar-refractivity contribution in [2.45, 2.75) is 0 Å². The van der Waals surface area contributed by atoms with E-state index in [1.165, 1.54) is 0 Å². The van der Waals surface area contributed by atoms with Gasteiger partial charge in [0.25, 0.3) is 0 Å². The van der Waals surface area contributed by atoms with Crippen molar-refractivity contribution in [1.29, 1.82) is 0 Å². The van der Waals surface area contributed by atoms with Crippen LogP contribution < -0.4 is 0 Å². The second-order valence-electron chi connectivity index (χ2n) is 2.92. The fraction of sp³-hybridized carbons (Fsp3) is 0. The first-order valence-electron chi connectivity index (χ1n) is 4.21. The predicted octanol–water partition coefficient (Wildman–Crippen LogP) is 2.90. The van der Waals surface area contributed by atoms with Crippen LogP contribution in [0.3, 0.4) is 0 Å². The summed E-state index contributed by atoms with van der Waals surface area (Å²) < 4.78 is 0. The molecular weight excluding hydrogens is 198 g/mol. The standard InChI is InChI=1S/C11H8ClNO/c12-9-5-3-8(4-6-9)11(14)10-2-1-7-13-10/h1-7,13H. The summed E-state index contributed by atoms with van der Waals surface area (Å²) in [6, 6.07) is 10.4. The van der Waals surface area contributed by atoms with Crippen LogP contribution >= 0.6 is 11.6 Å². The van der Waals surface area contributed by atoms with Crippen LogP contribution in [0.1, 0.15) is 16.1 Å². The molecule has 70 valence electrons. The zero-order valence-corrected chi connectivity index (χ0v) is 8.08. The SMILES string of the molecule is O=C(c1ccc(Cl)cc1)c1ccc[nH]1. The van der Waals surface area contributed by atoms with Crippen LogP contribution in [0, 0.1) is 0 Å². The van der Waals surface area contributed by atoms with Gasteiger partial charge in [-0.05, 0) is 36.4 Å². The molecule has 0 spiro atoms. The van der Waals surface area contributed by atoms with Crippen LogP contribution in [-0.2, 0) is 0 Å². The minimum atomic E-state index is -0.0216. The highest BCUT2D eigenvalue weighted by Crippen LogP contribution is 2.12. The third kappa shape index (κ3) is 1.70. The number of hydrogen-bond donors (Lipinski definition) is 1. The summed E-state index contributed by atoms with van der Waals surface area (Å²) in [7, 11) is 0. The van der Waals surface area contributed by atoms with Crippen molar-refractivity contribution in [2.75, 3.05) is 0 Å². The number of hydrogen-bond acceptors (Lipinski definition) is 1. The van der Waals surface area contributed by atoms with Crippen molar-refractivity contribution in [3.05, 3.63) is 58.9 Å². The molecule has 2 rings (SSSR count). The second kappa shape index (κ2) is 3.68. The average molecular weight is 206 g/mol. The summed E-state index contributed by atoms with van der Waals surface area (Å²) in [5.74, 6) is -0.0216. The Morgan fingerprint density at radius 1 is 1.14 bits per heavy atom. The lowest BCUT2D eigenvalue weighted by atomic mass is 10.1. The highest BCUT2D eigenvalue weighted by molar-refractivity contribution is 6.30. The first kappa shape index (κ1) is 9.03. The summed E-state index contributed by atoms with van der Waals surface area (Å²) >= 11 is 5.72. The lowest BCUT2D eigenvalue weighted by Gasteiger charge is -1.97. The van der Waals surface area contributed by atoms with Crippen molar-refractivity contribution in [3.8, 4) is 0 Å². The molecule has 0 atom stereocenters. The Kier molecular flexibility index (Phi) is 2.37. The van der Waals surface area contributed by atoms with E-state index in [4.69, 9.17) is 11.6 Å². The van der Waals surface area contributed by atoms with Gasteiger partial charge in [-0.3, -0.25) is 4.79 Å². The van der Waals surface area contributed by atoms with Gasteiger partial charge in [-0.15, -0.1) is 0 Å². The zero-order valence-electron chi connectivity index (χ0n) is 7.33. The second-order valence-corrected chi connectivity index (χ2v) is 3.36. The predicted molar refractivity (Wildman–Crippen MR) is 55.7 cm³/mol. The van der Waals surface area contributed by atoms with Crippen molar-refractivity contribution in [1.82, 2.24) is 4.98 Å². The van der Waals surface area contributed by atoms with Crippen LogP contribution in [0.25, 0.3) is 0 Å². The molecule has 14 heavy (non-hydrogen) atoms. The number of halogens is 1. The summed E-state index contributed by atoms with van der Waals surface area (Å²) in [5.41, 5.74) is 1.23. The van der Waals surface area contributed by atoms with Gasteiger partial charge in [-0.2, -0.15) is 0 Å². The third-order valence-electron chi connectivity index (χ3n) is 1.95. The smallest absolute Gasteiger partial charge is 0.209 e. The molecular formula is C11H8ClNO. The molecule has 0 bridgehead atoms. The van der Waals surface area contributed by atoms with Crippen LogP contribution in [-0.4, -0.2) is 10.8 Å². The Bertz CT molecular complexity index is 431. The Balaban J connectivity index is 2.33. The van der Waals surface area contributed by atoms with Crippen LogP contribution in [0.2, 0.25) is 5.02 Å². The maximum atomic E-state index is 11.7. The van der Waals surface area contributed by atoms with Gasteiger partial charge in [0.2, 0.25) is 5.78 Å². The van der Waals surface area contributed by atoms with Gasteiger partial charge in [0.05, 0.1) is 5.69 Å². The van der Waals surface area contributed by atoms with Crippen LogP contribution in [0.5, 0.6) is 0 Å². The van der Waals surface area contributed by atoms with Crippen LogP contribution in [0.15, 0.2) is 42.6 Å². The van der Waals surface area contributed by atoms with Crippen LogP contribution in [0.4, 0.5) is 0 Å². The molecule has 0 aliphatic carbocycles. The summed E-state index contributed by atoms with van der Waals surface area (Å²) in [6.45, 7) is 0. The van der Waals surface area contributed by atoms with Gasteiger partial charge in [0.1, 0.15) is 0 Å². The number of carbonyl (C=O) groups is 1. The Hall–Kier alpha value is -1.54. The molecule has 0 aliphatic rings. The Labute approximate surface area is 86.5 Å². The highest BCUT2D eigenvalue weighted by atomic mass is 35.5. The first-order chi connectivity index (χ1) is 6.77. The van der Waals surface area contributed by atoms with Crippen molar-refractivity contribution < 1.29 is 4.79 Å². The number of H-pyrrole nitrogens is 1. The molecule has 1 N–H and O–H groups in total. The molecule has 0 aliphatic heterocycles. The van der Waals surface area contributed by atoms with Gasteiger partial charge in [-0.1, -0.05) is 11.6 Å². The number of nitrogens with one attached hydrogen (secondary N) is 1. The molecule has 0 radical (unpaired) electrons. The van der Waals surface area contributed by atoms with Gasteiger partial charge in [0.15, 0.2) is 0 Å². The molecule has 3 heteroatoms. The summed E-state index contributed by atoms with van der Waals surface area (Å²) in [5, 5.41) is 0.632. The van der Waals surface area contributed by atoms with Crippen molar-refractivity contribution in [3.63, 3.8) is 0 Å². The van der Waals surface area contributed by atoms with E-state index < -0.39 is 0 Å². The van der Waals surface area contributed by atoms with E-state index in [-0.39, 0.29) is 5.78 Å². The van der Waals surface area contributed by atoms with E-state index in [1.54, 1.807) is 42.6 Å². The molecule has 2 nitrogen and oxygen atoms in total. The molecule has 2 aromatic rings. The molecule has 0 saturated heterocycles. The van der Waals surface area contributed by atoms with Gasteiger partial charge >= 0.3 is 0 Å². The Morgan fingerprint density at radius 3 is 2.43 bits per heavy atom. The van der Waals surface area contributed by atoms with Gasteiger partial charge in [0, 0.05) is 16.8 Å². The van der Waals surface area contributed by atoms with Gasteiger partial charge < -0.3 is 4.98 Å². The number of aromatic nitrogens is 1. The lowest BCUT2D eigenvalue weighted by Crippen LogP contribution is -2.00. The van der Waals surface area contributed by atoms with Crippen molar-refractivity contribution in [2.24, 2.45) is 0 Å². The number of ketones is 1. The van der Waals surface area contributed by atoms with E-state index in [1.807, 2.05) is 0 Å². The molecule has 1 aromatic heterocycles. The third-order valence-corrected chi connectivity index (χ3v) is 2.20. The minimum Gasteiger partial charge on any atom is -0.359 e. The van der Waals surface area contributed by atoms with E-state index in [9.17, 15) is 4.79 Å². The topological polar surface area (TPSA) is 32.9 Å².